The normalized spacial score (nSPS) is 10.7. The number of carbonyl (C=O) groups excluding carboxylic acids is 1. The van der Waals surface area contributed by atoms with E-state index in [9.17, 15) is 4.79 Å². The van der Waals surface area contributed by atoms with Crippen molar-refractivity contribution in [2.75, 3.05) is 25.5 Å². The van der Waals surface area contributed by atoms with Crippen LogP contribution < -0.4 is 11.1 Å². The number of hydrogen-bond donors (Lipinski definition) is 2. The van der Waals surface area contributed by atoms with Gasteiger partial charge in [0.05, 0.1) is 16.3 Å². The minimum absolute atomic E-state index is 0.207. The first kappa shape index (κ1) is 15.8. The second kappa shape index (κ2) is 8.02. The summed E-state index contributed by atoms with van der Waals surface area (Å²) in [5.41, 5.74) is 6.47. The first-order valence-electron chi connectivity index (χ1n) is 6.42. The highest BCUT2D eigenvalue weighted by Gasteiger charge is 2.11. The van der Waals surface area contributed by atoms with Crippen LogP contribution in [0.2, 0.25) is 5.02 Å². The highest BCUT2D eigenvalue weighted by molar-refractivity contribution is 6.36. The zero-order valence-corrected chi connectivity index (χ0v) is 12.2. The molecule has 19 heavy (non-hydrogen) atoms. The summed E-state index contributed by atoms with van der Waals surface area (Å²) >= 11 is 5.97. The van der Waals surface area contributed by atoms with Crippen molar-refractivity contribution in [3.05, 3.63) is 28.8 Å². The number of anilines is 1. The van der Waals surface area contributed by atoms with Crippen LogP contribution in [0.15, 0.2) is 18.2 Å². The molecule has 1 rings (SSSR count). The van der Waals surface area contributed by atoms with E-state index in [-0.39, 0.29) is 5.91 Å². The maximum atomic E-state index is 11.9. The summed E-state index contributed by atoms with van der Waals surface area (Å²) in [6, 6.07) is 5.03. The van der Waals surface area contributed by atoms with Crippen molar-refractivity contribution in [1.29, 1.82) is 0 Å². The van der Waals surface area contributed by atoms with Crippen LogP contribution in [0, 0.1) is 5.92 Å². The van der Waals surface area contributed by atoms with E-state index in [0.29, 0.717) is 35.3 Å². The Kier molecular flexibility index (Phi) is 6.67. The van der Waals surface area contributed by atoms with Crippen molar-refractivity contribution in [3.8, 4) is 0 Å². The Balaban J connectivity index is 2.30. The van der Waals surface area contributed by atoms with Crippen molar-refractivity contribution in [2.45, 2.75) is 20.3 Å². The molecule has 0 aromatic heterocycles. The van der Waals surface area contributed by atoms with Crippen LogP contribution in [0.3, 0.4) is 0 Å². The van der Waals surface area contributed by atoms with Crippen molar-refractivity contribution in [1.82, 2.24) is 5.32 Å². The van der Waals surface area contributed by atoms with Crippen molar-refractivity contribution >= 4 is 23.2 Å². The van der Waals surface area contributed by atoms with Gasteiger partial charge in [-0.05, 0) is 24.5 Å². The molecule has 0 heterocycles. The third-order valence-corrected chi connectivity index (χ3v) is 2.90. The zero-order chi connectivity index (χ0) is 14.3. The van der Waals surface area contributed by atoms with E-state index >= 15 is 0 Å². The fourth-order valence-corrected chi connectivity index (χ4v) is 1.73. The summed E-state index contributed by atoms with van der Waals surface area (Å²) in [7, 11) is 0. The molecule has 0 aliphatic rings. The van der Waals surface area contributed by atoms with Gasteiger partial charge in [-0.25, -0.2) is 0 Å². The number of carbonyl (C=O) groups is 1. The predicted octanol–water partition coefficient (Wildman–Crippen LogP) is 2.71. The molecule has 1 aromatic rings. The van der Waals surface area contributed by atoms with Crippen molar-refractivity contribution < 1.29 is 9.53 Å². The molecule has 0 spiro atoms. The van der Waals surface area contributed by atoms with Gasteiger partial charge < -0.3 is 15.8 Å². The summed E-state index contributed by atoms with van der Waals surface area (Å²) in [6.07, 6.45) is 0.776. The summed E-state index contributed by atoms with van der Waals surface area (Å²) in [6.45, 7) is 6.15. The average Bonchev–Trinajstić information content (AvgIpc) is 2.36. The molecule has 0 radical (unpaired) electrons. The van der Waals surface area contributed by atoms with Gasteiger partial charge in [-0.1, -0.05) is 31.5 Å². The Labute approximate surface area is 119 Å². The second-order valence-electron chi connectivity index (χ2n) is 4.79. The lowest BCUT2D eigenvalue weighted by Crippen LogP contribution is -2.25. The summed E-state index contributed by atoms with van der Waals surface area (Å²) in [5, 5.41) is 3.10. The fourth-order valence-electron chi connectivity index (χ4n) is 1.52. The number of benzene rings is 1. The first-order valence-corrected chi connectivity index (χ1v) is 6.80. The van der Waals surface area contributed by atoms with Crippen LogP contribution in [0.5, 0.6) is 0 Å². The Morgan fingerprint density at radius 2 is 2.21 bits per heavy atom. The number of ether oxygens (including phenoxy) is 1. The lowest BCUT2D eigenvalue weighted by molar-refractivity contribution is 0.0925. The van der Waals surface area contributed by atoms with Crippen LogP contribution in [-0.4, -0.2) is 25.7 Å². The van der Waals surface area contributed by atoms with Crippen LogP contribution in [0.4, 0.5) is 5.69 Å². The van der Waals surface area contributed by atoms with E-state index in [0.717, 1.165) is 13.0 Å². The molecule has 0 saturated heterocycles. The first-order chi connectivity index (χ1) is 9.02. The lowest BCUT2D eigenvalue weighted by Gasteiger charge is -2.09. The minimum Gasteiger partial charge on any atom is -0.398 e. The lowest BCUT2D eigenvalue weighted by atomic mass is 10.2. The van der Waals surface area contributed by atoms with Crippen molar-refractivity contribution in [3.63, 3.8) is 0 Å². The summed E-state index contributed by atoms with van der Waals surface area (Å²) < 4.78 is 5.43. The molecule has 3 N–H and O–H groups in total. The number of hydrogen-bond acceptors (Lipinski definition) is 3. The number of rotatable bonds is 7. The van der Waals surface area contributed by atoms with Gasteiger partial charge in [0, 0.05) is 19.8 Å². The number of halogens is 1. The highest BCUT2D eigenvalue weighted by Crippen LogP contribution is 2.22. The van der Waals surface area contributed by atoms with Gasteiger partial charge in [0.25, 0.3) is 5.91 Å². The van der Waals surface area contributed by atoms with Crippen LogP contribution >= 0.6 is 11.6 Å². The van der Waals surface area contributed by atoms with Gasteiger partial charge in [-0.2, -0.15) is 0 Å². The van der Waals surface area contributed by atoms with Crippen molar-refractivity contribution in [2.24, 2.45) is 5.92 Å². The monoisotopic (exact) mass is 284 g/mol. The topological polar surface area (TPSA) is 64.3 Å². The SMILES string of the molecule is CC(C)COCCCNC(=O)c1cccc(N)c1Cl. The van der Waals surface area contributed by atoms with E-state index in [2.05, 4.69) is 19.2 Å². The third-order valence-electron chi connectivity index (χ3n) is 2.48. The van der Waals surface area contributed by atoms with Crippen LogP contribution in [0.25, 0.3) is 0 Å². The number of nitrogens with one attached hydrogen (secondary N) is 1. The van der Waals surface area contributed by atoms with E-state index in [1.807, 2.05) is 0 Å². The maximum Gasteiger partial charge on any atom is 0.252 e. The van der Waals surface area contributed by atoms with Gasteiger partial charge in [0.1, 0.15) is 0 Å². The van der Waals surface area contributed by atoms with Gasteiger partial charge in [-0.15, -0.1) is 0 Å². The van der Waals surface area contributed by atoms with E-state index in [4.69, 9.17) is 22.1 Å². The third kappa shape index (κ3) is 5.49. The minimum atomic E-state index is -0.207. The molecule has 4 nitrogen and oxygen atoms in total. The van der Waals surface area contributed by atoms with Crippen LogP contribution in [0.1, 0.15) is 30.6 Å². The van der Waals surface area contributed by atoms with Gasteiger partial charge in [-0.3, -0.25) is 4.79 Å². The average molecular weight is 285 g/mol. The molecule has 0 atom stereocenters. The Morgan fingerprint density at radius 1 is 1.47 bits per heavy atom. The molecular weight excluding hydrogens is 264 g/mol. The fraction of sp³-hybridized carbons (Fsp3) is 0.500. The maximum absolute atomic E-state index is 11.9. The molecule has 0 bridgehead atoms. The van der Waals surface area contributed by atoms with Gasteiger partial charge in [0.2, 0.25) is 0 Å². The number of nitrogens with two attached hydrogens (primary N) is 1. The number of nitrogen functional groups attached to an aromatic ring is 1. The van der Waals surface area contributed by atoms with E-state index in [1.165, 1.54) is 0 Å². The van der Waals surface area contributed by atoms with Crippen LogP contribution in [-0.2, 0) is 4.74 Å². The second-order valence-corrected chi connectivity index (χ2v) is 5.16. The summed E-state index contributed by atoms with van der Waals surface area (Å²) in [4.78, 5) is 11.9. The summed E-state index contributed by atoms with van der Waals surface area (Å²) in [5.74, 6) is 0.321. The Hall–Kier alpha value is -1.26. The molecule has 0 aliphatic carbocycles. The molecular formula is C14H21ClN2O2. The number of amides is 1. The predicted molar refractivity (Wildman–Crippen MR) is 78.5 cm³/mol. The smallest absolute Gasteiger partial charge is 0.252 e. The molecule has 106 valence electrons. The zero-order valence-electron chi connectivity index (χ0n) is 11.4. The Bertz CT molecular complexity index is 422. The van der Waals surface area contributed by atoms with Gasteiger partial charge >= 0.3 is 0 Å². The molecule has 1 aromatic carbocycles. The van der Waals surface area contributed by atoms with Gasteiger partial charge in [0.15, 0.2) is 0 Å². The largest absolute Gasteiger partial charge is 0.398 e. The Morgan fingerprint density at radius 3 is 2.89 bits per heavy atom. The molecule has 0 unspecified atom stereocenters. The molecule has 0 fully saturated rings. The molecule has 0 saturated carbocycles. The molecule has 5 heteroatoms. The van der Waals surface area contributed by atoms with E-state index < -0.39 is 0 Å². The molecule has 1 amide bonds. The molecule has 0 aliphatic heterocycles. The standard InChI is InChI=1S/C14H21ClN2O2/c1-10(2)9-19-8-4-7-17-14(18)11-5-3-6-12(16)13(11)15/h3,5-6,10H,4,7-9,16H2,1-2H3,(H,17,18). The highest BCUT2D eigenvalue weighted by atomic mass is 35.5. The van der Waals surface area contributed by atoms with E-state index in [1.54, 1.807) is 18.2 Å². The quantitative estimate of drug-likeness (QED) is 0.598.